The summed E-state index contributed by atoms with van der Waals surface area (Å²) in [7, 11) is 0. The molecule has 0 unspecified atom stereocenters. The topological polar surface area (TPSA) is 36.7 Å². The highest BCUT2D eigenvalue weighted by atomic mass is 79.9. The Bertz CT molecular complexity index is 401. The molecule has 0 atom stereocenters. The SMILES string of the molecule is N#CCc1c(F)cnc(CBr)c1C(F)F. The van der Waals surface area contributed by atoms with Crippen molar-refractivity contribution < 1.29 is 13.2 Å². The third-order valence-corrected chi connectivity index (χ3v) is 2.39. The van der Waals surface area contributed by atoms with E-state index >= 15 is 0 Å². The molecule has 0 amide bonds. The van der Waals surface area contributed by atoms with Gasteiger partial charge in [-0.3, -0.25) is 4.98 Å². The third-order valence-electron chi connectivity index (χ3n) is 1.86. The van der Waals surface area contributed by atoms with Crippen molar-refractivity contribution in [2.24, 2.45) is 0 Å². The zero-order valence-corrected chi connectivity index (χ0v) is 9.06. The molecule has 2 nitrogen and oxygen atoms in total. The van der Waals surface area contributed by atoms with Gasteiger partial charge in [-0.1, -0.05) is 15.9 Å². The Morgan fingerprint density at radius 3 is 2.67 bits per heavy atom. The van der Waals surface area contributed by atoms with Gasteiger partial charge in [-0.2, -0.15) is 5.26 Å². The van der Waals surface area contributed by atoms with Crippen molar-refractivity contribution in [2.45, 2.75) is 18.2 Å². The molecule has 0 aliphatic rings. The summed E-state index contributed by atoms with van der Waals surface area (Å²) >= 11 is 2.99. The second-order valence-electron chi connectivity index (χ2n) is 2.71. The zero-order chi connectivity index (χ0) is 11.4. The summed E-state index contributed by atoms with van der Waals surface area (Å²) < 4.78 is 38.4. The van der Waals surface area contributed by atoms with Gasteiger partial charge in [0, 0.05) is 16.5 Å². The average Bonchev–Trinajstić information content (AvgIpc) is 2.20. The Kier molecular flexibility index (Phi) is 4.09. The lowest BCUT2D eigenvalue weighted by Gasteiger charge is -2.10. The van der Waals surface area contributed by atoms with Gasteiger partial charge in [-0.25, -0.2) is 13.2 Å². The molecule has 0 aromatic carbocycles. The standard InChI is InChI=1S/C9H6BrF3N2/c10-3-7-8(9(12)13)5(1-2-14)6(11)4-15-7/h4,9H,1,3H2. The minimum absolute atomic E-state index is 0.0663. The van der Waals surface area contributed by atoms with E-state index in [1.54, 1.807) is 6.07 Å². The molecular formula is C9H6BrF3N2. The number of alkyl halides is 3. The lowest BCUT2D eigenvalue weighted by atomic mass is 10.0. The van der Waals surface area contributed by atoms with Gasteiger partial charge in [0.2, 0.25) is 0 Å². The van der Waals surface area contributed by atoms with E-state index in [9.17, 15) is 13.2 Å². The summed E-state index contributed by atoms with van der Waals surface area (Å²) in [5.74, 6) is -0.864. The fourth-order valence-corrected chi connectivity index (χ4v) is 1.65. The van der Waals surface area contributed by atoms with Gasteiger partial charge in [0.25, 0.3) is 6.43 Å². The van der Waals surface area contributed by atoms with E-state index in [1.807, 2.05) is 0 Å². The molecule has 1 heterocycles. The highest BCUT2D eigenvalue weighted by Crippen LogP contribution is 2.28. The summed E-state index contributed by atoms with van der Waals surface area (Å²) in [4.78, 5) is 3.55. The number of pyridine rings is 1. The Morgan fingerprint density at radius 1 is 1.53 bits per heavy atom. The number of aromatic nitrogens is 1. The van der Waals surface area contributed by atoms with Crippen LogP contribution in [0.1, 0.15) is 23.2 Å². The van der Waals surface area contributed by atoms with Crippen LogP contribution in [0.2, 0.25) is 0 Å². The highest BCUT2D eigenvalue weighted by Gasteiger charge is 2.21. The first kappa shape index (κ1) is 12.0. The number of hydrogen-bond donors (Lipinski definition) is 0. The second kappa shape index (κ2) is 5.12. The monoisotopic (exact) mass is 278 g/mol. The summed E-state index contributed by atoms with van der Waals surface area (Å²) in [6.07, 6.45) is -2.35. The van der Waals surface area contributed by atoms with Gasteiger partial charge >= 0.3 is 0 Å². The van der Waals surface area contributed by atoms with Crippen LogP contribution in [-0.4, -0.2) is 4.98 Å². The van der Waals surface area contributed by atoms with E-state index < -0.39 is 17.8 Å². The smallest absolute Gasteiger partial charge is 0.257 e. The van der Waals surface area contributed by atoms with Gasteiger partial charge < -0.3 is 0 Å². The molecule has 15 heavy (non-hydrogen) atoms. The second-order valence-corrected chi connectivity index (χ2v) is 3.28. The molecule has 0 saturated carbocycles. The highest BCUT2D eigenvalue weighted by molar-refractivity contribution is 9.08. The van der Waals surface area contributed by atoms with Crippen molar-refractivity contribution in [1.29, 1.82) is 5.26 Å². The first-order valence-electron chi connectivity index (χ1n) is 3.99. The molecule has 1 aromatic heterocycles. The van der Waals surface area contributed by atoms with Gasteiger partial charge in [-0.05, 0) is 0 Å². The minimum Gasteiger partial charge on any atom is -0.257 e. The maximum absolute atomic E-state index is 13.2. The summed E-state index contributed by atoms with van der Waals surface area (Å²) in [5.41, 5.74) is -0.679. The number of nitriles is 1. The summed E-state index contributed by atoms with van der Waals surface area (Å²) in [6.45, 7) is 0. The van der Waals surface area contributed by atoms with Crippen molar-refractivity contribution in [3.8, 4) is 6.07 Å². The van der Waals surface area contributed by atoms with Crippen molar-refractivity contribution in [1.82, 2.24) is 4.98 Å². The van der Waals surface area contributed by atoms with Crippen molar-refractivity contribution >= 4 is 15.9 Å². The minimum atomic E-state index is -2.83. The Balaban J connectivity index is 3.38. The van der Waals surface area contributed by atoms with E-state index in [1.165, 1.54) is 0 Å². The van der Waals surface area contributed by atoms with Crippen LogP contribution in [0, 0.1) is 17.1 Å². The number of rotatable bonds is 3. The predicted molar refractivity (Wildman–Crippen MR) is 51.1 cm³/mol. The fourth-order valence-electron chi connectivity index (χ4n) is 1.21. The van der Waals surface area contributed by atoms with Gasteiger partial charge in [0.05, 0.1) is 24.4 Å². The molecule has 0 spiro atoms. The summed E-state index contributed by atoms with van der Waals surface area (Å²) in [6, 6.07) is 1.65. The van der Waals surface area contributed by atoms with E-state index in [2.05, 4.69) is 20.9 Å². The van der Waals surface area contributed by atoms with E-state index in [4.69, 9.17) is 5.26 Å². The maximum atomic E-state index is 13.2. The maximum Gasteiger partial charge on any atom is 0.266 e. The van der Waals surface area contributed by atoms with Gasteiger partial charge in [-0.15, -0.1) is 0 Å². The number of halogens is 4. The normalized spacial score (nSPS) is 10.4. The van der Waals surface area contributed by atoms with E-state index in [0.717, 1.165) is 6.20 Å². The van der Waals surface area contributed by atoms with Crippen LogP contribution in [0.3, 0.4) is 0 Å². The molecule has 0 bridgehead atoms. The molecule has 0 N–H and O–H groups in total. The van der Waals surface area contributed by atoms with Crippen LogP contribution in [0.5, 0.6) is 0 Å². The van der Waals surface area contributed by atoms with Crippen molar-refractivity contribution in [3.63, 3.8) is 0 Å². The van der Waals surface area contributed by atoms with Gasteiger partial charge in [0.15, 0.2) is 0 Å². The molecular weight excluding hydrogens is 273 g/mol. The molecule has 6 heteroatoms. The average molecular weight is 279 g/mol. The molecule has 0 saturated heterocycles. The van der Waals surface area contributed by atoms with Crippen LogP contribution < -0.4 is 0 Å². The largest absolute Gasteiger partial charge is 0.266 e. The summed E-state index contributed by atoms with van der Waals surface area (Å²) in [5, 5.41) is 8.52. The van der Waals surface area contributed by atoms with Crippen molar-refractivity contribution in [3.05, 3.63) is 28.8 Å². The van der Waals surface area contributed by atoms with E-state index in [0.29, 0.717) is 0 Å². The molecule has 0 aliphatic carbocycles. The van der Waals surface area contributed by atoms with Crippen molar-refractivity contribution in [2.75, 3.05) is 0 Å². The Hall–Kier alpha value is -1.09. The van der Waals surface area contributed by atoms with E-state index in [-0.39, 0.29) is 23.0 Å². The van der Waals surface area contributed by atoms with Crippen LogP contribution in [0.25, 0.3) is 0 Å². The quantitative estimate of drug-likeness (QED) is 0.797. The Labute approximate surface area is 92.9 Å². The lowest BCUT2D eigenvalue weighted by molar-refractivity contribution is 0.148. The lowest BCUT2D eigenvalue weighted by Crippen LogP contribution is -2.05. The molecule has 0 radical (unpaired) electrons. The van der Waals surface area contributed by atoms with Crippen LogP contribution in [-0.2, 0) is 11.8 Å². The zero-order valence-electron chi connectivity index (χ0n) is 7.48. The third kappa shape index (κ3) is 2.48. The first-order valence-corrected chi connectivity index (χ1v) is 5.11. The Morgan fingerprint density at radius 2 is 2.20 bits per heavy atom. The molecule has 1 rings (SSSR count). The van der Waals surface area contributed by atoms with Crippen LogP contribution in [0.4, 0.5) is 13.2 Å². The number of nitrogens with zero attached hydrogens (tertiary/aromatic N) is 2. The van der Waals surface area contributed by atoms with Gasteiger partial charge in [0.1, 0.15) is 5.82 Å². The first-order chi connectivity index (χ1) is 7.11. The fraction of sp³-hybridized carbons (Fsp3) is 0.333. The van der Waals surface area contributed by atoms with Crippen LogP contribution >= 0.6 is 15.9 Å². The molecule has 1 aromatic rings. The molecule has 0 fully saturated rings. The van der Waals surface area contributed by atoms with Crippen LogP contribution in [0.15, 0.2) is 6.20 Å². The number of hydrogen-bond acceptors (Lipinski definition) is 2. The molecule has 0 aliphatic heterocycles. The molecule has 80 valence electrons. The predicted octanol–water partition coefficient (Wildman–Crippen LogP) is 3.12.